The quantitative estimate of drug-likeness (QED) is 0.189. The molecular formula is C39H27N3O5S3. The maximum Gasteiger partial charge on any atom is 0.349 e. The van der Waals surface area contributed by atoms with Crippen molar-refractivity contribution >= 4 is 98.5 Å². The number of aryl methyl sites for hydroxylation is 2. The Bertz CT molecular complexity index is 2800. The Balaban J connectivity index is 1.20. The summed E-state index contributed by atoms with van der Waals surface area (Å²) in [4.78, 5) is 38.8. The second kappa shape index (κ2) is 12.4. The number of nitriles is 1. The molecule has 50 heavy (non-hydrogen) atoms. The molecular weight excluding hydrogens is 687 g/mol. The molecule has 3 aromatic heterocycles. The highest BCUT2D eigenvalue weighted by Crippen LogP contribution is 2.46. The van der Waals surface area contributed by atoms with E-state index in [-0.39, 0.29) is 9.20 Å². The van der Waals surface area contributed by atoms with Gasteiger partial charge in [0.2, 0.25) is 0 Å². The first-order chi connectivity index (χ1) is 24.2. The molecule has 8 nitrogen and oxygen atoms in total. The van der Waals surface area contributed by atoms with Gasteiger partial charge in [-0.15, -0.1) is 34.0 Å². The van der Waals surface area contributed by atoms with Gasteiger partial charge in [-0.25, -0.2) is 4.79 Å². The first-order valence-corrected chi connectivity index (χ1v) is 18.4. The lowest BCUT2D eigenvalue weighted by Crippen LogP contribution is -2.35. The Morgan fingerprint density at radius 3 is 2.22 bits per heavy atom. The normalized spacial score (nSPS) is 13.7. The van der Waals surface area contributed by atoms with E-state index >= 15 is 0 Å². The van der Waals surface area contributed by atoms with E-state index < -0.39 is 29.6 Å². The summed E-state index contributed by atoms with van der Waals surface area (Å²) < 4.78 is 5.40. The van der Waals surface area contributed by atoms with Crippen molar-refractivity contribution in [2.45, 2.75) is 26.3 Å². The molecule has 8 rings (SSSR count). The van der Waals surface area contributed by atoms with Crippen LogP contribution in [-0.4, -0.2) is 33.3 Å². The summed E-state index contributed by atoms with van der Waals surface area (Å²) in [6.07, 6.45) is 3.60. The number of fused-ring (bicyclic) bond motifs is 7. The third-order valence-electron chi connectivity index (χ3n) is 9.11. The highest BCUT2D eigenvalue weighted by atomic mass is 32.1. The topological polar surface area (TPSA) is 124 Å². The van der Waals surface area contributed by atoms with Crippen LogP contribution in [0.4, 0.5) is 11.4 Å². The van der Waals surface area contributed by atoms with Gasteiger partial charge in [0.05, 0.1) is 13.9 Å². The number of carboxylic acid groups (broad SMARTS) is 2. The number of anilines is 2. The van der Waals surface area contributed by atoms with Crippen LogP contribution in [0.15, 0.2) is 83.7 Å². The lowest BCUT2D eigenvalue weighted by Gasteiger charge is -2.25. The van der Waals surface area contributed by atoms with Gasteiger partial charge in [-0.05, 0) is 96.1 Å². The second-order valence-corrected chi connectivity index (χ2v) is 15.2. The zero-order chi connectivity index (χ0) is 34.7. The first-order valence-electron chi connectivity index (χ1n) is 15.9. The Kier molecular flexibility index (Phi) is 7.87. The van der Waals surface area contributed by atoms with Crippen molar-refractivity contribution in [1.82, 2.24) is 4.57 Å². The average Bonchev–Trinajstić information content (AvgIpc) is 3.70. The van der Waals surface area contributed by atoms with Crippen LogP contribution in [0.2, 0.25) is 0 Å². The molecule has 0 saturated carbocycles. The Hall–Kier alpha value is -5.54. The number of nitrogens with zero attached hydrogens (tertiary/aromatic N) is 3. The summed E-state index contributed by atoms with van der Waals surface area (Å²) >= 11 is 4.24. The summed E-state index contributed by atoms with van der Waals surface area (Å²) in [6, 6.07) is 29.6. The molecule has 4 aromatic carbocycles. The molecule has 1 aliphatic heterocycles. The number of hydrogen-bond acceptors (Lipinski definition) is 8. The van der Waals surface area contributed by atoms with E-state index in [9.17, 15) is 29.9 Å². The van der Waals surface area contributed by atoms with E-state index in [0.717, 1.165) is 55.6 Å². The minimum absolute atomic E-state index is 0.147. The van der Waals surface area contributed by atoms with E-state index in [0.29, 0.717) is 5.56 Å². The lowest BCUT2D eigenvalue weighted by molar-refractivity contribution is -0.138. The van der Waals surface area contributed by atoms with Gasteiger partial charge in [0.1, 0.15) is 17.3 Å². The van der Waals surface area contributed by atoms with Gasteiger partial charge in [-0.2, -0.15) is 5.26 Å². The maximum atomic E-state index is 13.2. The molecule has 11 heteroatoms. The molecule has 0 fully saturated rings. The van der Waals surface area contributed by atoms with Crippen LogP contribution < -0.4 is 19.7 Å². The smallest absolute Gasteiger partial charge is 0.349 e. The van der Waals surface area contributed by atoms with Gasteiger partial charge in [0.15, 0.2) is 5.57 Å². The zero-order valence-electron chi connectivity index (χ0n) is 26.6. The van der Waals surface area contributed by atoms with Crippen molar-refractivity contribution in [3.8, 4) is 17.2 Å². The summed E-state index contributed by atoms with van der Waals surface area (Å²) in [5.41, 5.74) is 7.01. The number of aromatic nitrogens is 1. The number of carboxylic acids is 2. The second-order valence-electron chi connectivity index (χ2n) is 12.0. The fraction of sp³-hybridized carbons (Fsp3) is 0.128. The van der Waals surface area contributed by atoms with Gasteiger partial charge >= 0.3 is 11.9 Å². The average molecular weight is 714 g/mol. The Labute approximate surface area is 296 Å². The van der Waals surface area contributed by atoms with E-state index in [1.807, 2.05) is 18.2 Å². The highest BCUT2D eigenvalue weighted by molar-refractivity contribution is 7.36. The van der Waals surface area contributed by atoms with E-state index in [1.165, 1.54) is 42.9 Å². The minimum Gasteiger partial charge on any atom is -0.480 e. The molecule has 0 amide bonds. The van der Waals surface area contributed by atoms with Crippen LogP contribution in [0.3, 0.4) is 0 Å². The molecule has 0 saturated heterocycles. The molecule has 0 spiro atoms. The molecule has 246 valence electrons. The summed E-state index contributed by atoms with van der Waals surface area (Å²) in [5.74, 6) is -2.84. The van der Waals surface area contributed by atoms with Crippen LogP contribution in [0.25, 0.3) is 52.3 Å². The maximum absolute atomic E-state index is 13.2. The molecule has 7 aromatic rings. The van der Waals surface area contributed by atoms with Crippen LogP contribution in [0.5, 0.6) is 0 Å². The number of hydrogen-bond donors (Lipinski definition) is 2. The molecule has 1 aliphatic rings. The fourth-order valence-corrected chi connectivity index (χ4v) is 10.5. The molecule has 0 unspecified atom stereocenters. The van der Waals surface area contributed by atoms with Crippen LogP contribution in [0.1, 0.15) is 23.6 Å². The fourth-order valence-electron chi connectivity index (χ4n) is 6.82. The van der Waals surface area contributed by atoms with E-state index in [4.69, 9.17) is 0 Å². The van der Waals surface area contributed by atoms with Gasteiger partial charge in [-0.1, -0.05) is 36.4 Å². The number of para-hydroxylation sites is 1. The first kappa shape index (κ1) is 31.7. The number of carbonyl (C=O) groups is 2. The molecule has 0 radical (unpaired) electrons. The number of thiazole rings is 1. The van der Waals surface area contributed by atoms with Gasteiger partial charge < -0.3 is 15.1 Å². The number of aliphatic carboxylic acids is 2. The SMILES string of the molecule is CCN1c2ccccc2CCc2cc(-c3ccc4sc5c6cc(/C=c7/s/c(=C(\C#N)C(=O)O)n(CC(=O)O)c7=O)ccc6sc5c4c3)ccc21. The van der Waals surface area contributed by atoms with Crippen LogP contribution >= 0.6 is 34.0 Å². The predicted molar refractivity (Wildman–Crippen MR) is 202 cm³/mol. The van der Waals surface area contributed by atoms with Crippen molar-refractivity contribution in [1.29, 1.82) is 5.26 Å². The highest BCUT2D eigenvalue weighted by Gasteiger charge is 2.21. The summed E-state index contributed by atoms with van der Waals surface area (Å²) in [6.45, 7) is 2.35. The molecule has 0 bridgehead atoms. The van der Waals surface area contributed by atoms with Gasteiger partial charge in [0, 0.05) is 38.1 Å². The van der Waals surface area contributed by atoms with Crippen LogP contribution in [0, 0.1) is 11.3 Å². The molecule has 0 aliphatic carbocycles. The monoisotopic (exact) mass is 713 g/mol. The van der Waals surface area contributed by atoms with Gasteiger partial charge in [-0.3, -0.25) is 14.2 Å². The summed E-state index contributed by atoms with van der Waals surface area (Å²) in [7, 11) is 0. The van der Waals surface area contributed by atoms with Crippen molar-refractivity contribution in [3.05, 3.63) is 115 Å². The lowest BCUT2D eigenvalue weighted by atomic mass is 9.98. The molecule has 0 atom stereocenters. The standard InChI is InChI=1S/C39H27N3O5S3/c1-2-41-29-6-4-3-5-22(29)8-9-25-17-23(10-12-30(25)41)24-11-14-32-27(18-24)36-35(49-32)26-15-21(7-13-31(26)48-36)16-33-37(45)42(20-34(43)44)38(50-33)28(19-40)39(46)47/h3-7,10-18H,2,8-9,20H2,1H3,(H,43,44)(H,46,47)/b33-16+,38-28+. The van der Waals surface area contributed by atoms with Crippen molar-refractivity contribution in [2.75, 3.05) is 11.4 Å². The molecule has 2 N–H and O–H groups in total. The molecule has 4 heterocycles. The minimum atomic E-state index is -1.52. The predicted octanol–water partition coefficient (Wildman–Crippen LogP) is 7.09. The third kappa shape index (κ3) is 5.29. The van der Waals surface area contributed by atoms with Crippen molar-refractivity contribution < 1.29 is 19.8 Å². The van der Waals surface area contributed by atoms with Crippen molar-refractivity contribution in [3.63, 3.8) is 0 Å². The summed E-state index contributed by atoms with van der Waals surface area (Å²) in [5, 5.41) is 30.5. The Morgan fingerprint density at radius 1 is 0.840 bits per heavy atom. The zero-order valence-corrected chi connectivity index (χ0v) is 29.0. The number of benzene rings is 4. The largest absolute Gasteiger partial charge is 0.480 e. The number of thiophene rings is 2. The number of rotatable bonds is 6. The van der Waals surface area contributed by atoms with Gasteiger partial charge in [0.25, 0.3) is 5.56 Å². The van der Waals surface area contributed by atoms with E-state index in [1.54, 1.807) is 34.8 Å². The van der Waals surface area contributed by atoms with Crippen molar-refractivity contribution in [2.24, 2.45) is 0 Å². The Morgan fingerprint density at radius 2 is 1.50 bits per heavy atom. The van der Waals surface area contributed by atoms with E-state index in [2.05, 4.69) is 72.5 Å². The van der Waals surface area contributed by atoms with Crippen LogP contribution in [-0.2, 0) is 29.0 Å². The third-order valence-corrected chi connectivity index (χ3v) is 12.8.